The standard InChI is InChI=1S/C17H33N3O2/c1-3-16(4-2,14-18)19-15(21)13-17(7-5-6-8-17)20-9-11-22-12-10-20/h3-14,18H2,1-2H3,(H,19,21). The number of morpholine rings is 1. The van der Waals surface area contributed by atoms with Crippen LogP contribution in [0.2, 0.25) is 0 Å². The van der Waals surface area contributed by atoms with Crippen LogP contribution in [0.4, 0.5) is 0 Å². The summed E-state index contributed by atoms with van der Waals surface area (Å²) in [7, 11) is 0. The normalized spacial score (nSPS) is 22.7. The number of ether oxygens (including phenoxy) is 1. The van der Waals surface area contributed by atoms with Crippen molar-refractivity contribution in [2.45, 2.75) is 69.9 Å². The molecule has 1 aliphatic heterocycles. The highest BCUT2D eigenvalue weighted by Gasteiger charge is 2.42. The van der Waals surface area contributed by atoms with Crippen LogP contribution in [-0.2, 0) is 9.53 Å². The van der Waals surface area contributed by atoms with E-state index in [2.05, 4.69) is 24.1 Å². The smallest absolute Gasteiger partial charge is 0.222 e. The number of hydrogen-bond acceptors (Lipinski definition) is 4. The van der Waals surface area contributed by atoms with Gasteiger partial charge in [-0.3, -0.25) is 9.69 Å². The van der Waals surface area contributed by atoms with E-state index in [-0.39, 0.29) is 17.0 Å². The molecule has 1 heterocycles. The third-order valence-electron chi connectivity index (χ3n) is 5.85. The highest BCUT2D eigenvalue weighted by molar-refractivity contribution is 5.78. The summed E-state index contributed by atoms with van der Waals surface area (Å²) < 4.78 is 5.48. The molecule has 5 nitrogen and oxygen atoms in total. The highest BCUT2D eigenvalue weighted by atomic mass is 16.5. The first-order chi connectivity index (χ1) is 10.6. The first-order valence-electron chi connectivity index (χ1n) is 8.93. The number of nitrogens with zero attached hydrogens (tertiary/aromatic N) is 1. The maximum Gasteiger partial charge on any atom is 0.222 e. The SMILES string of the molecule is CCC(CC)(CN)NC(=O)CC1(N2CCOCC2)CCCC1. The summed E-state index contributed by atoms with van der Waals surface area (Å²) >= 11 is 0. The van der Waals surface area contributed by atoms with Crippen LogP contribution in [0.15, 0.2) is 0 Å². The molecule has 1 saturated heterocycles. The molecule has 1 saturated carbocycles. The van der Waals surface area contributed by atoms with Crippen LogP contribution in [-0.4, -0.2) is 54.7 Å². The molecule has 1 amide bonds. The summed E-state index contributed by atoms with van der Waals surface area (Å²) in [5.41, 5.74) is 5.74. The van der Waals surface area contributed by atoms with Crippen LogP contribution in [0.25, 0.3) is 0 Å². The van der Waals surface area contributed by atoms with Crippen LogP contribution < -0.4 is 11.1 Å². The highest BCUT2D eigenvalue weighted by Crippen LogP contribution is 2.38. The zero-order valence-corrected chi connectivity index (χ0v) is 14.3. The van der Waals surface area contributed by atoms with Crippen molar-refractivity contribution in [3.8, 4) is 0 Å². The fourth-order valence-electron chi connectivity index (χ4n) is 4.08. The predicted molar refractivity (Wildman–Crippen MR) is 88.7 cm³/mol. The van der Waals surface area contributed by atoms with Gasteiger partial charge in [-0.15, -0.1) is 0 Å². The van der Waals surface area contributed by atoms with Crippen LogP contribution in [0, 0.1) is 0 Å². The third-order valence-corrected chi connectivity index (χ3v) is 5.85. The second-order valence-electron chi connectivity index (χ2n) is 6.95. The molecule has 0 radical (unpaired) electrons. The van der Waals surface area contributed by atoms with Gasteiger partial charge in [0.15, 0.2) is 0 Å². The molecule has 0 aromatic carbocycles. The van der Waals surface area contributed by atoms with Crippen molar-refractivity contribution in [3.05, 3.63) is 0 Å². The van der Waals surface area contributed by atoms with E-state index in [9.17, 15) is 4.79 Å². The Balaban J connectivity index is 2.02. The molecule has 0 atom stereocenters. The molecule has 0 bridgehead atoms. The Morgan fingerprint density at radius 3 is 2.32 bits per heavy atom. The molecular formula is C17H33N3O2. The number of hydrogen-bond donors (Lipinski definition) is 2. The maximum atomic E-state index is 12.7. The molecule has 0 aromatic rings. The Hall–Kier alpha value is -0.650. The van der Waals surface area contributed by atoms with Crippen molar-refractivity contribution in [2.75, 3.05) is 32.8 Å². The maximum absolute atomic E-state index is 12.7. The zero-order chi connectivity index (χ0) is 16.1. The van der Waals surface area contributed by atoms with Gasteiger partial charge in [-0.2, -0.15) is 0 Å². The number of amides is 1. The summed E-state index contributed by atoms with van der Waals surface area (Å²) in [5.74, 6) is 0.169. The third kappa shape index (κ3) is 3.81. The van der Waals surface area contributed by atoms with E-state index in [0.717, 1.165) is 52.0 Å². The molecule has 5 heteroatoms. The lowest BCUT2D eigenvalue weighted by atomic mass is 9.88. The van der Waals surface area contributed by atoms with Gasteiger partial charge in [-0.05, 0) is 25.7 Å². The van der Waals surface area contributed by atoms with Crippen LogP contribution in [0.3, 0.4) is 0 Å². The molecule has 2 fully saturated rings. The van der Waals surface area contributed by atoms with Crippen LogP contribution >= 0.6 is 0 Å². The largest absolute Gasteiger partial charge is 0.379 e. The summed E-state index contributed by atoms with van der Waals surface area (Å²) in [6.07, 6.45) is 7.10. The fraction of sp³-hybridized carbons (Fsp3) is 0.941. The van der Waals surface area contributed by atoms with Crippen molar-refractivity contribution < 1.29 is 9.53 Å². The molecular weight excluding hydrogens is 278 g/mol. The average molecular weight is 311 g/mol. The average Bonchev–Trinajstić information content (AvgIpc) is 3.03. The first-order valence-corrected chi connectivity index (χ1v) is 8.93. The summed E-state index contributed by atoms with van der Waals surface area (Å²) in [4.78, 5) is 15.2. The topological polar surface area (TPSA) is 67.6 Å². The first kappa shape index (κ1) is 17.7. The summed E-state index contributed by atoms with van der Waals surface area (Å²) in [5, 5.41) is 3.25. The summed E-state index contributed by atoms with van der Waals surface area (Å²) in [6.45, 7) is 8.21. The van der Waals surface area contributed by atoms with Gasteiger partial charge >= 0.3 is 0 Å². The molecule has 0 spiro atoms. The van der Waals surface area contributed by atoms with Crippen molar-refractivity contribution in [1.29, 1.82) is 0 Å². The second kappa shape index (κ2) is 7.75. The molecule has 2 aliphatic rings. The summed E-state index contributed by atoms with van der Waals surface area (Å²) in [6, 6.07) is 0. The van der Waals surface area contributed by atoms with E-state index in [0.29, 0.717) is 13.0 Å². The number of carbonyl (C=O) groups is 1. The van der Waals surface area contributed by atoms with Gasteiger partial charge < -0.3 is 15.8 Å². The van der Waals surface area contributed by atoms with Gasteiger partial charge in [0.05, 0.1) is 18.8 Å². The minimum absolute atomic E-state index is 0.0513. The van der Waals surface area contributed by atoms with Gasteiger partial charge in [0, 0.05) is 31.6 Å². The lowest BCUT2D eigenvalue weighted by Crippen LogP contribution is -2.57. The van der Waals surface area contributed by atoms with Gasteiger partial charge in [0.1, 0.15) is 0 Å². The Kier molecular flexibility index (Phi) is 6.24. The Bertz CT molecular complexity index is 349. The van der Waals surface area contributed by atoms with E-state index in [1.54, 1.807) is 0 Å². The Morgan fingerprint density at radius 1 is 1.23 bits per heavy atom. The molecule has 3 N–H and O–H groups in total. The Morgan fingerprint density at radius 2 is 1.82 bits per heavy atom. The van der Waals surface area contributed by atoms with Gasteiger partial charge in [-0.25, -0.2) is 0 Å². The van der Waals surface area contributed by atoms with E-state index >= 15 is 0 Å². The number of nitrogens with one attached hydrogen (secondary N) is 1. The van der Waals surface area contributed by atoms with Gasteiger partial charge in [-0.1, -0.05) is 26.7 Å². The van der Waals surface area contributed by atoms with E-state index < -0.39 is 0 Å². The minimum atomic E-state index is -0.234. The minimum Gasteiger partial charge on any atom is -0.379 e. The van der Waals surface area contributed by atoms with Crippen LogP contribution in [0.1, 0.15) is 58.8 Å². The lowest BCUT2D eigenvalue weighted by molar-refractivity contribution is -0.127. The van der Waals surface area contributed by atoms with E-state index in [1.807, 2.05) is 0 Å². The lowest BCUT2D eigenvalue weighted by Gasteiger charge is -2.44. The monoisotopic (exact) mass is 311 g/mol. The van der Waals surface area contributed by atoms with Gasteiger partial charge in [0.25, 0.3) is 0 Å². The fourth-order valence-corrected chi connectivity index (χ4v) is 4.08. The Labute approximate surface area is 134 Å². The van der Waals surface area contributed by atoms with Crippen LogP contribution in [0.5, 0.6) is 0 Å². The quantitative estimate of drug-likeness (QED) is 0.750. The molecule has 1 aliphatic carbocycles. The second-order valence-corrected chi connectivity index (χ2v) is 6.95. The number of nitrogens with two attached hydrogens (primary N) is 1. The van der Waals surface area contributed by atoms with Crippen molar-refractivity contribution >= 4 is 5.91 Å². The molecule has 0 aromatic heterocycles. The number of carbonyl (C=O) groups excluding carboxylic acids is 1. The number of rotatable bonds is 7. The van der Waals surface area contributed by atoms with Crippen molar-refractivity contribution in [1.82, 2.24) is 10.2 Å². The molecule has 0 unspecified atom stereocenters. The van der Waals surface area contributed by atoms with Crippen molar-refractivity contribution in [2.24, 2.45) is 5.73 Å². The predicted octanol–water partition coefficient (Wildman–Crippen LogP) is 1.66. The molecule has 22 heavy (non-hydrogen) atoms. The van der Waals surface area contributed by atoms with E-state index in [1.165, 1.54) is 12.8 Å². The zero-order valence-electron chi connectivity index (χ0n) is 14.3. The van der Waals surface area contributed by atoms with Crippen molar-refractivity contribution in [3.63, 3.8) is 0 Å². The van der Waals surface area contributed by atoms with Gasteiger partial charge in [0.2, 0.25) is 5.91 Å². The van der Waals surface area contributed by atoms with E-state index in [4.69, 9.17) is 10.5 Å². The molecule has 128 valence electrons. The molecule has 2 rings (SSSR count).